The molecule has 0 radical (unpaired) electrons. The number of nitrogens with one attached hydrogen (secondary N) is 1. The zero-order chi connectivity index (χ0) is 11.7. The summed E-state index contributed by atoms with van der Waals surface area (Å²) in [5, 5.41) is 7.30. The van der Waals surface area contributed by atoms with Crippen molar-refractivity contribution in [2.24, 2.45) is 0 Å². The average Bonchev–Trinajstić information content (AvgIpc) is 2.99. The van der Waals surface area contributed by atoms with Crippen LogP contribution in [0.2, 0.25) is 0 Å². The highest BCUT2D eigenvalue weighted by atomic mass is 16.5. The number of rotatable bonds is 3. The van der Waals surface area contributed by atoms with Crippen molar-refractivity contribution in [1.29, 1.82) is 0 Å². The van der Waals surface area contributed by atoms with Crippen LogP contribution in [0.5, 0.6) is 0 Å². The minimum atomic E-state index is 0.461. The van der Waals surface area contributed by atoms with E-state index in [0.29, 0.717) is 29.3 Å². The van der Waals surface area contributed by atoms with E-state index in [1.165, 1.54) is 19.1 Å². The van der Waals surface area contributed by atoms with E-state index in [0.717, 1.165) is 13.0 Å². The molecule has 90 valence electrons. The summed E-state index contributed by atoms with van der Waals surface area (Å²) in [6, 6.07) is 0.461. The summed E-state index contributed by atoms with van der Waals surface area (Å²) in [6.45, 7) is 2.86. The molecule has 6 nitrogen and oxygen atoms in total. The summed E-state index contributed by atoms with van der Waals surface area (Å²) >= 11 is 0. The standard InChI is InChI=1S/C11H14N4O2/c1-7-13-9(6-16-7)11-14-10(17-15-11)5-8-3-2-4-12-8/h6,8,12H,2-5H2,1H3. The van der Waals surface area contributed by atoms with Gasteiger partial charge >= 0.3 is 0 Å². The first-order chi connectivity index (χ1) is 8.31. The van der Waals surface area contributed by atoms with Crippen LogP contribution in [0.3, 0.4) is 0 Å². The van der Waals surface area contributed by atoms with Gasteiger partial charge in [0.25, 0.3) is 0 Å². The molecule has 0 saturated carbocycles. The van der Waals surface area contributed by atoms with Crippen LogP contribution in [0.4, 0.5) is 0 Å². The molecule has 0 bridgehead atoms. The first-order valence-electron chi connectivity index (χ1n) is 5.80. The Kier molecular flexibility index (Phi) is 2.64. The molecule has 1 unspecified atom stereocenters. The maximum Gasteiger partial charge on any atom is 0.228 e. The van der Waals surface area contributed by atoms with Gasteiger partial charge in [-0.25, -0.2) is 4.98 Å². The monoisotopic (exact) mass is 234 g/mol. The summed E-state index contributed by atoms with van der Waals surface area (Å²) < 4.78 is 10.3. The van der Waals surface area contributed by atoms with E-state index in [9.17, 15) is 0 Å². The van der Waals surface area contributed by atoms with E-state index in [2.05, 4.69) is 20.4 Å². The van der Waals surface area contributed by atoms with E-state index in [1.54, 1.807) is 6.92 Å². The minimum Gasteiger partial charge on any atom is -0.449 e. The van der Waals surface area contributed by atoms with Gasteiger partial charge in [0.05, 0.1) is 0 Å². The zero-order valence-electron chi connectivity index (χ0n) is 9.64. The third-order valence-electron chi connectivity index (χ3n) is 2.90. The number of oxazole rings is 1. The van der Waals surface area contributed by atoms with Gasteiger partial charge in [0.15, 0.2) is 5.89 Å². The molecular formula is C11H14N4O2. The Morgan fingerprint density at radius 3 is 3.12 bits per heavy atom. The second kappa shape index (κ2) is 4.29. The topological polar surface area (TPSA) is 77.0 Å². The van der Waals surface area contributed by atoms with Crippen LogP contribution in [-0.2, 0) is 6.42 Å². The van der Waals surface area contributed by atoms with Gasteiger partial charge in [0, 0.05) is 19.4 Å². The number of hydrogen-bond acceptors (Lipinski definition) is 6. The Morgan fingerprint density at radius 1 is 1.47 bits per heavy atom. The molecule has 1 aliphatic rings. The second-order valence-corrected chi connectivity index (χ2v) is 4.26. The van der Waals surface area contributed by atoms with Crippen molar-refractivity contribution in [3.63, 3.8) is 0 Å². The van der Waals surface area contributed by atoms with Crippen LogP contribution in [-0.4, -0.2) is 27.7 Å². The summed E-state index contributed by atoms with van der Waals surface area (Å²) in [5.74, 6) is 1.75. The quantitative estimate of drug-likeness (QED) is 0.863. The molecule has 1 aliphatic heterocycles. The van der Waals surface area contributed by atoms with Gasteiger partial charge < -0.3 is 14.3 Å². The number of hydrogen-bond donors (Lipinski definition) is 1. The van der Waals surface area contributed by atoms with Crippen LogP contribution in [0, 0.1) is 6.92 Å². The average molecular weight is 234 g/mol. The van der Waals surface area contributed by atoms with Crippen molar-refractivity contribution in [2.45, 2.75) is 32.2 Å². The van der Waals surface area contributed by atoms with Crippen LogP contribution < -0.4 is 5.32 Å². The van der Waals surface area contributed by atoms with Gasteiger partial charge in [-0.1, -0.05) is 5.16 Å². The normalized spacial score (nSPS) is 19.9. The molecule has 1 fully saturated rings. The Labute approximate surface area is 98.4 Å². The highest BCUT2D eigenvalue weighted by Crippen LogP contribution is 2.16. The molecule has 17 heavy (non-hydrogen) atoms. The smallest absolute Gasteiger partial charge is 0.228 e. The van der Waals surface area contributed by atoms with Gasteiger partial charge in [-0.05, 0) is 19.4 Å². The lowest BCUT2D eigenvalue weighted by Crippen LogP contribution is -2.23. The first-order valence-corrected chi connectivity index (χ1v) is 5.80. The predicted octanol–water partition coefficient (Wildman–Crippen LogP) is 1.33. The lowest BCUT2D eigenvalue weighted by Gasteiger charge is -2.04. The van der Waals surface area contributed by atoms with Crippen LogP contribution in [0.1, 0.15) is 24.6 Å². The van der Waals surface area contributed by atoms with Crippen LogP contribution in [0.15, 0.2) is 15.2 Å². The van der Waals surface area contributed by atoms with E-state index >= 15 is 0 Å². The third kappa shape index (κ3) is 2.21. The zero-order valence-corrected chi connectivity index (χ0v) is 9.64. The Balaban J connectivity index is 1.73. The fourth-order valence-corrected chi connectivity index (χ4v) is 2.05. The van der Waals surface area contributed by atoms with Crippen LogP contribution in [0.25, 0.3) is 11.5 Å². The highest BCUT2D eigenvalue weighted by Gasteiger charge is 2.19. The number of aryl methyl sites for hydroxylation is 1. The number of nitrogens with zero attached hydrogens (tertiary/aromatic N) is 3. The van der Waals surface area contributed by atoms with E-state index in [-0.39, 0.29) is 0 Å². The summed E-state index contributed by atoms with van der Waals surface area (Å²) in [4.78, 5) is 8.48. The molecule has 0 aromatic carbocycles. The van der Waals surface area contributed by atoms with Crippen LogP contribution >= 0.6 is 0 Å². The van der Waals surface area contributed by atoms with Crippen molar-refractivity contribution in [2.75, 3.05) is 6.54 Å². The van der Waals surface area contributed by atoms with E-state index < -0.39 is 0 Å². The third-order valence-corrected chi connectivity index (χ3v) is 2.90. The lowest BCUT2D eigenvalue weighted by molar-refractivity contribution is 0.364. The molecule has 6 heteroatoms. The minimum absolute atomic E-state index is 0.461. The van der Waals surface area contributed by atoms with Gasteiger partial charge in [-0.15, -0.1) is 0 Å². The van der Waals surface area contributed by atoms with Crippen molar-refractivity contribution in [3.8, 4) is 11.5 Å². The molecule has 2 aromatic heterocycles. The fraction of sp³-hybridized carbons (Fsp3) is 0.545. The maximum atomic E-state index is 5.21. The molecular weight excluding hydrogens is 220 g/mol. The summed E-state index contributed by atoms with van der Waals surface area (Å²) in [6.07, 6.45) is 4.70. The molecule has 0 spiro atoms. The fourth-order valence-electron chi connectivity index (χ4n) is 2.05. The van der Waals surface area contributed by atoms with Gasteiger partial charge in [-0.2, -0.15) is 4.98 Å². The van der Waals surface area contributed by atoms with Gasteiger partial charge in [-0.3, -0.25) is 0 Å². The Morgan fingerprint density at radius 2 is 2.41 bits per heavy atom. The summed E-state index contributed by atoms with van der Waals surface area (Å²) in [5.41, 5.74) is 0.622. The van der Waals surface area contributed by atoms with Crippen molar-refractivity contribution < 1.29 is 8.94 Å². The van der Waals surface area contributed by atoms with Gasteiger partial charge in [0.1, 0.15) is 12.0 Å². The van der Waals surface area contributed by atoms with E-state index in [4.69, 9.17) is 8.94 Å². The molecule has 0 aliphatic carbocycles. The molecule has 1 saturated heterocycles. The van der Waals surface area contributed by atoms with E-state index in [1.807, 2.05) is 0 Å². The Hall–Kier alpha value is -1.69. The maximum absolute atomic E-state index is 5.21. The molecule has 0 amide bonds. The molecule has 2 aromatic rings. The number of aromatic nitrogens is 3. The predicted molar refractivity (Wildman–Crippen MR) is 59.3 cm³/mol. The summed E-state index contributed by atoms with van der Waals surface area (Å²) in [7, 11) is 0. The molecule has 3 heterocycles. The largest absolute Gasteiger partial charge is 0.449 e. The van der Waals surface area contributed by atoms with Crippen molar-refractivity contribution in [3.05, 3.63) is 18.0 Å². The highest BCUT2D eigenvalue weighted by molar-refractivity contribution is 5.45. The molecule has 1 N–H and O–H groups in total. The molecule has 3 rings (SSSR count). The van der Waals surface area contributed by atoms with Gasteiger partial charge in [0.2, 0.25) is 11.7 Å². The first kappa shape index (κ1) is 10.5. The van der Waals surface area contributed by atoms with Crippen molar-refractivity contribution in [1.82, 2.24) is 20.4 Å². The second-order valence-electron chi connectivity index (χ2n) is 4.26. The SMILES string of the molecule is Cc1nc(-c2noc(CC3CCCN3)n2)co1. The van der Waals surface area contributed by atoms with Crippen molar-refractivity contribution >= 4 is 0 Å². The Bertz CT molecular complexity index is 499. The molecule has 1 atom stereocenters. The lowest BCUT2D eigenvalue weighted by atomic mass is 10.1.